The van der Waals surface area contributed by atoms with Crippen LogP contribution < -0.4 is 11.1 Å². The molecule has 0 saturated heterocycles. The summed E-state index contributed by atoms with van der Waals surface area (Å²) < 4.78 is 5.57. The molecule has 0 radical (unpaired) electrons. The van der Waals surface area contributed by atoms with Crippen LogP contribution in [-0.2, 0) is 0 Å². The second kappa shape index (κ2) is 4.49. The number of hydrogen-bond acceptors (Lipinski definition) is 5. The third-order valence-electron chi connectivity index (χ3n) is 3.51. The van der Waals surface area contributed by atoms with E-state index in [1.165, 1.54) is 0 Å². The van der Waals surface area contributed by atoms with Crippen molar-refractivity contribution in [3.05, 3.63) is 18.2 Å². The van der Waals surface area contributed by atoms with Crippen molar-refractivity contribution in [2.75, 3.05) is 17.6 Å². The molecule has 1 fully saturated rings. The van der Waals surface area contributed by atoms with Crippen LogP contribution in [0.15, 0.2) is 22.6 Å². The fourth-order valence-electron chi connectivity index (χ4n) is 2.51. The Kier molecular flexibility index (Phi) is 2.83. The van der Waals surface area contributed by atoms with Gasteiger partial charge in [-0.3, -0.25) is 0 Å². The first-order valence-corrected chi connectivity index (χ1v) is 6.29. The number of oxazole rings is 1. The number of para-hydroxylation sites is 1. The largest absolute Gasteiger partial charge is 0.423 e. The van der Waals surface area contributed by atoms with Crippen LogP contribution in [-0.4, -0.2) is 22.7 Å². The van der Waals surface area contributed by atoms with Gasteiger partial charge in [0.25, 0.3) is 6.01 Å². The standard InChI is InChI=1S/C13H17N3O2/c14-10-2-1-3-11-12(10)16-13(18-11)15-7-8-4-5-9(17)6-8/h1-3,8-9,17H,4-7,14H2,(H,15,16). The van der Waals surface area contributed by atoms with Gasteiger partial charge in [0.05, 0.1) is 11.8 Å². The Morgan fingerprint density at radius 2 is 2.33 bits per heavy atom. The third-order valence-corrected chi connectivity index (χ3v) is 3.51. The lowest BCUT2D eigenvalue weighted by molar-refractivity contribution is 0.178. The van der Waals surface area contributed by atoms with Gasteiger partial charge in [0.15, 0.2) is 5.58 Å². The Morgan fingerprint density at radius 1 is 1.44 bits per heavy atom. The molecule has 1 saturated carbocycles. The minimum Gasteiger partial charge on any atom is -0.423 e. The first-order chi connectivity index (χ1) is 8.72. The van der Waals surface area contributed by atoms with Crippen molar-refractivity contribution in [2.24, 2.45) is 5.92 Å². The van der Waals surface area contributed by atoms with E-state index in [9.17, 15) is 5.11 Å². The predicted octanol–water partition coefficient (Wildman–Crippen LogP) is 1.98. The topological polar surface area (TPSA) is 84.3 Å². The Balaban J connectivity index is 1.69. The highest BCUT2D eigenvalue weighted by Crippen LogP contribution is 2.27. The summed E-state index contributed by atoms with van der Waals surface area (Å²) in [5, 5.41) is 12.6. The maximum Gasteiger partial charge on any atom is 0.295 e. The van der Waals surface area contributed by atoms with E-state index in [2.05, 4.69) is 10.3 Å². The maximum atomic E-state index is 9.46. The van der Waals surface area contributed by atoms with Crippen LogP contribution in [0, 0.1) is 5.92 Å². The van der Waals surface area contributed by atoms with Crippen LogP contribution in [0.25, 0.3) is 11.1 Å². The molecule has 0 aliphatic heterocycles. The van der Waals surface area contributed by atoms with Crippen LogP contribution in [0.2, 0.25) is 0 Å². The molecular weight excluding hydrogens is 230 g/mol. The number of nitrogens with two attached hydrogens (primary N) is 1. The van der Waals surface area contributed by atoms with Crippen LogP contribution in [0.4, 0.5) is 11.7 Å². The van der Waals surface area contributed by atoms with Crippen LogP contribution >= 0.6 is 0 Å². The SMILES string of the molecule is Nc1cccc2oc(NCC3CCC(O)C3)nc12. The van der Waals surface area contributed by atoms with Gasteiger partial charge in [-0.25, -0.2) is 0 Å². The highest BCUT2D eigenvalue weighted by Gasteiger charge is 2.22. The number of nitrogens with zero attached hydrogens (tertiary/aromatic N) is 1. The van der Waals surface area contributed by atoms with Crippen LogP contribution in [0.5, 0.6) is 0 Å². The summed E-state index contributed by atoms with van der Waals surface area (Å²) in [4.78, 5) is 4.33. The van der Waals surface area contributed by atoms with Crippen molar-refractivity contribution in [2.45, 2.75) is 25.4 Å². The number of anilines is 2. The minimum atomic E-state index is -0.143. The minimum absolute atomic E-state index is 0.143. The predicted molar refractivity (Wildman–Crippen MR) is 70.3 cm³/mol. The van der Waals surface area contributed by atoms with Gasteiger partial charge in [0.1, 0.15) is 5.52 Å². The number of hydrogen-bond donors (Lipinski definition) is 3. The smallest absolute Gasteiger partial charge is 0.295 e. The van der Waals surface area contributed by atoms with E-state index in [-0.39, 0.29) is 6.10 Å². The number of fused-ring (bicyclic) bond motifs is 1. The zero-order valence-electron chi connectivity index (χ0n) is 10.1. The van der Waals surface area contributed by atoms with Crippen LogP contribution in [0.1, 0.15) is 19.3 Å². The Hall–Kier alpha value is -1.75. The second-order valence-electron chi connectivity index (χ2n) is 4.93. The molecule has 1 aromatic heterocycles. The Bertz CT molecular complexity index is 552. The molecule has 5 heteroatoms. The average Bonchev–Trinajstić information content (AvgIpc) is 2.93. The summed E-state index contributed by atoms with van der Waals surface area (Å²) in [6.07, 6.45) is 2.66. The lowest BCUT2D eigenvalue weighted by atomic mass is 10.1. The number of aliphatic hydroxyl groups is 1. The van der Waals surface area contributed by atoms with Crippen molar-refractivity contribution in [1.82, 2.24) is 4.98 Å². The Morgan fingerprint density at radius 3 is 3.06 bits per heavy atom. The fourth-order valence-corrected chi connectivity index (χ4v) is 2.51. The molecule has 1 aliphatic rings. The molecule has 96 valence electrons. The van der Waals surface area contributed by atoms with Gasteiger partial charge in [-0.05, 0) is 37.3 Å². The summed E-state index contributed by atoms with van der Waals surface area (Å²) in [5.74, 6) is 0.493. The normalized spacial score (nSPS) is 23.6. The third kappa shape index (κ3) is 2.13. The number of benzene rings is 1. The summed E-state index contributed by atoms with van der Waals surface area (Å²) in [7, 11) is 0. The molecule has 0 amide bonds. The van der Waals surface area contributed by atoms with Gasteiger partial charge < -0.3 is 20.6 Å². The highest BCUT2D eigenvalue weighted by molar-refractivity contribution is 5.86. The lowest BCUT2D eigenvalue weighted by Crippen LogP contribution is -2.12. The first kappa shape index (κ1) is 11.3. The molecule has 2 atom stereocenters. The van der Waals surface area contributed by atoms with Crippen molar-refractivity contribution in [3.63, 3.8) is 0 Å². The quantitative estimate of drug-likeness (QED) is 0.722. The van der Waals surface area contributed by atoms with Crippen molar-refractivity contribution in [3.8, 4) is 0 Å². The molecule has 18 heavy (non-hydrogen) atoms. The molecule has 1 aliphatic carbocycles. The molecule has 1 heterocycles. The van der Waals surface area contributed by atoms with E-state index in [0.29, 0.717) is 28.7 Å². The Labute approximate surface area is 105 Å². The van der Waals surface area contributed by atoms with E-state index in [4.69, 9.17) is 10.2 Å². The van der Waals surface area contributed by atoms with Crippen LogP contribution in [0.3, 0.4) is 0 Å². The van der Waals surface area contributed by atoms with Crippen molar-refractivity contribution in [1.29, 1.82) is 0 Å². The van der Waals surface area contributed by atoms with Gasteiger partial charge >= 0.3 is 0 Å². The van der Waals surface area contributed by atoms with Crippen molar-refractivity contribution < 1.29 is 9.52 Å². The van der Waals surface area contributed by atoms with E-state index in [0.717, 1.165) is 25.8 Å². The second-order valence-corrected chi connectivity index (χ2v) is 4.93. The zero-order valence-corrected chi connectivity index (χ0v) is 10.1. The summed E-state index contributed by atoms with van der Waals surface area (Å²) in [6, 6.07) is 6.01. The van der Waals surface area contributed by atoms with Crippen molar-refractivity contribution >= 4 is 22.8 Å². The number of nitrogen functional groups attached to an aromatic ring is 1. The van der Waals surface area contributed by atoms with Gasteiger partial charge in [0.2, 0.25) is 0 Å². The molecule has 3 rings (SSSR count). The number of aliphatic hydroxyl groups excluding tert-OH is 1. The fraction of sp³-hybridized carbons (Fsp3) is 0.462. The molecule has 0 spiro atoms. The van der Waals surface area contributed by atoms with E-state index < -0.39 is 0 Å². The number of nitrogens with one attached hydrogen (secondary N) is 1. The van der Waals surface area contributed by atoms with Gasteiger partial charge in [0, 0.05) is 6.54 Å². The summed E-state index contributed by atoms with van der Waals surface area (Å²) in [6.45, 7) is 0.782. The lowest BCUT2D eigenvalue weighted by Gasteiger charge is -2.08. The molecule has 0 bridgehead atoms. The summed E-state index contributed by atoms with van der Waals surface area (Å²) in [5.41, 5.74) is 7.85. The molecule has 5 nitrogen and oxygen atoms in total. The van der Waals surface area contributed by atoms with E-state index in [1.807, 2.05) is 18.2 Å². The highest BCUT2D eigenvalue weighted by atomic mass is 16.4. The maximum absolute atomic E-state index is 9.46. The average molecular weight is 247 g/mol. The van der Waals surface area contributed by atoms with Gasteiger partial charge in [-0.15, -0.1) is 0 Å². The van der Waals surface area contributed by atoms with Gasteiger partial charge in [-0.2, -0.15) is 4.98 Å². The van der Waals surface area contributed by atoms with E-state index in [1.54, 1.807) is 0 Å². The molecule has 2 unspecified atom stereocenters. The molecular formula is C13H17N3O2. The monoisotopic (exact) mass is 247 g/mol. The molecule has 4 N–H and O–H groups in total. The molecule has 2 aromatic rings. The number of rotatable bonds is 3. The zero-order chi connectivity index (χ0) is 12.5. The van der Waals surface area contributed by atoms with Gasteiger partial charge in [-0.1, -0.05) is 6.07 Å². The van der Waals surface area contributed by atoms with E-state index >= 15 is 0 Å². The molecule has 1 aromatic carbocycles. The summed E-state index contributed by atoms with van der Waals surface area (Å²) >= 11 is 0. The number of aromatic nitrogens is 1. The first-order valence-electron chi connectivity index (χ1n) is 6.29.